The lowest BCUT2D eigenvalue weighted by Crippen LogP contribution is -2.25. The van der Waals surface area contributed by atoms with Crippen molar-refractivity contribution >= 4 is 0 Å². The standard InChI is InChI=1S/C14H26N2O/c1-5-15-14(11(2)3)13-6-7-16(9-13)8-12(4)10-17/h6-7,9,11-12,14-15,17H,5,8,10H2,1-4H3. The topological polar surface area (TPSA) is 37.2 Å². The van der Waals surface area contributed by atoms with Crippen molar-refractivity contribution in [1.82, 2.24) is 9.88 Å². The van der Waals surface area contributed by atoms with E-state index in [1.807, 2.05) is 0 Å². The molecule has 1 aromatic heterocycles. The summed E-state index contributed by atoms with van der Waals surface area (Å²) in [7, 11) is 0. The van der Waals surface area contributed by atoms with Crippen LogP contribution in [0.4, 0.5) is 0 Å². The van der Waals surface area contributed by atoms with E-state index in [2.05, 4.69) is 56.0 Å². The van der Waals surface area contributed by atoms with Crippen LogP contribution in [0.3, 0.4) is 0 Å². The Kier molecular flexibility index (Phi) is 5.72. The van der Waals surface area contributed by atoms with Crippen LogP contribution in [-0.4, -0.2) is 22.8 Å². The van der Waals surface area contributed by atoms with Gasteiger partial charge in [0.05, 0.1) is 0 Å². The van der Waals surface area contributed by atoms with E-state index >= 15 is 0 Å². The van der Waals surface area contributed by atoms with E-state index in [0.29, 0.717) is 17.9 Å². The molecule has 1 heterocycles. The molecule has 2 N–H and O–H groups in total. The normalized spacial score (nSPS) is 15.2. The summed E-state index contributed by atoms with van der Waals surface area (Å²) in [5, 5.41) is 12.6. The molecule has 2 unspecified atom stereocenters. The van der Waals surface area contributed by atoms with Crippen LogP contribution in [0, 0.1) is 11.8 Å². The van der Waals surface area contributed by atoms with E-state index in [-0.39, 0.29) is 6.61 Å². The number of aromatic nitrogens is 1. The van der Waals surface area contributed by atoms with Crippen molar-refractivity contribution in [2.45, 2.75) is 40.3 Å². The Hall–Kier alpha value is -0.800. The number of aliphatic hydroxyl groups excluding tert-OH is 1. The molecule has 0 aliphatic carbocycles. The van der Waals surface area contributed by atoms with Gasteiger partial charge in [0.2, 0.25) is 0 Å². The second-order valence-electron chi connectivity index (χ2n) is 5.21. The van der Waals surface area contributed by atoms with E-state index in [1.165, 1.54) is 5.56 Å². The smallest absolute Gasteiger partial charge is 0.0473 e. The summed E-state index contributed by atoms with van der Waals surface area (Å²) in [5.41, 5.74) is 1.34. The zero-order chi connectivity index (χ0) is 12.8. The number of aliphatic hydroxyl groups is 1. The zero-order valence-electron chi connectivity index (χ0n) is 11.5. The van der Waals surface area contributed by atoms with Crippen molar-refractivity contribution in [2.75, 3.05) is 13.2 Å². The Labute approximate surface area is 105 Å². The van der Waals surface area contributed by atoms with Gasteiger partial charge in [-0.05, 0) is 30.0 Å². The van der Waals surface area contributed by atoms with Crippen molar-refractivity contribution in [3.63, 3.8) is 0 Å². The van der Waals surface area contributed by atoms with Gasteiger partial charge in [0.25, 0.3) is 0 Å². The number of nitrogens with zero attached hydrogens (tertiary/aromatic N) is 1. The molecule has 0 aliphatic heterocycles. The van der Waals surface area contributed by atoms with Gasteiger partial charge in [-0.15, -0.1) is 0 Å². The summed E-state index contributed by atoms with van der Waals surface area (Å²) in [5.74, 6) is 0.896. The predicted octanol–water partition coefficient (Wildman–Crippen LogP) is 2.42. The van der Waals surface area contributed by atoms with Crippen LogP contribution in [0.1, 0.15) is 39.3 Å². The third-order valence-corrected chi connectivity index (χ3v) is 3.06. The summed E-state index contributed by atoms with van der Waals surface area (Å²) >= 11 is 0. The molecule has 98 valence electrons. The van der Waals surface area contributed by atoms with E-state index in [0.717, 1.165) is 13.1 Å². The molecule has 0 aliphatic rings. The molecule has 0 radical (unpaired) electrons. The van der Waals surface area contributed by atoms with Gasteiger partial charge in [0.1, 0.15) is 0 Å². The van der Waals surface area contributed by atoms with Crippen molar-refractivity contribution in [3.05, 3.63) is 24.0 Å². The molecule has 17 heavy (non-hydrogen) atoms. The second kappa shape index (κ2) is 6.82. The molecule has 0 bridgehead atoms. The van der Waals surface area contributed by atoms with Gasteiger partial charge >= 0.3 is 0 Å². The molecule has 0 amide bonds. The van der Waals surface area contributed by atoms with Gasteiger partial charge in [-0.25, -0.2) is 0 Å². The van der Waals surface area contributed by atoms with Gasteiger partial charge in [-0.2, -0.15) is 0 Å². The van der Waals surface area contributed by atoms with Gasteiger partial charge in [0.15, 0.2) is 0 Å². The SMILES string of the molecule is CCNC(c1ccn(CC(C)CO)c1)C(C)C. The first kappa shape index (κ1) is 14.3. The lowest BCUT2D eigenvalue weighted by molar-refractivity contribution is 0.223. The quantitative estimate of drug-likeness (QED) is 0.765. The molecule has 1 aromatic rings. The van der Waals surface area contributed by atoms with Crippen molar-refractivity contribution in [2.24, 2.45) is 11.8 Å². The third kappa shape index (κ3) is 4.17. The molecule has 0 spiro atoms. The van der Waals surface area contributed by atoms with Crippen LogP contribution in [0.25, 0.3) is 0 Å². The van der Waals surface area contributed by atoms with Crippen LogP contribution in [0.15, 0.2) is 18.5 Å². The molecule has 0 saturated heterocycles. The maximum absolute atomic E-state index is 9.06. The molecular weight excluding hydrogens is 212 g/mol. The summed E-state index contributed by atoms with van der Waals surface area (Å²) in [6.07, 6.45) is 4.30. The monoisotopic (exact) mass is 238 g/mol. The van der Waals surface area contributed by atoms with Crippen molar-refractivity contribution < 1.29 is 5.11 Å². The van der Waals surface area contributed by atoms with E-state index in [9.17, 15) is 0 Å². The zero-order valence-corrected chi connectivity index (χ0v) is 11.5. The van der Waals surface area contributed by atoms with Crippen molar-refractivity contribution in [1.29, 1.82) is 0 Å². The Morgan fingerprint density at radius 2 is 2.06 bits per heavy atom. The molecule has 2 atom stereocenters. The molecule has 0 aromatic carbocycles. The first-order valence-corrected chi connectivity index (χ1v) is 6.58. The average molecular weight is 238 g/mol. The molecule has 0 fully saturated rings. The predicted molar refractivity (Wildman–Crippen MR) is 71.9 cm³/mol. The van der Waals surface area contributed by atoms with E-state index in [4.69, 9.17) is 5.11 Å². The number of rotatable bonds is 7. The van der Waals surface area contributed by atoms with Crippen molar-refractivity contribution in [3.8, 4) is 0 Å². The van der Waals surface area contributed by atoms with Crippen LogP contribution in [0.5, 0.6) is 0 Å². The first-order chi connectivity index (χ1) is 8.08. The van der Waals surface area contributed by atoms with Gasteiger partial charge in [0, 0.05) is 31.6 Å². The van der Waals surface area contributed by atoms with Crippen LogP contribution >= 0.6 is 0 Å². The largest absolute Gasteiger partial charge is 0.396 e. The van der Waals surface area contributed by atoms with Gasteiger partial charge < -0.3 is 15.0 Å². The number of hydrogen-bond acceptors (Lipinski definition) is 2. The minimum absolute atomic E-state index is 0.244. The number of nitrogens with one attached hydrogen (secondary N) is 1. The van der Waals surface area contributed by atoms with Crippen LogP contribution < -0.4 is 5.32 Å². The molecular formula is C14H26N2O. The van der Waals surface area contributed by atoms with Gasteiger partial charge in [-0.3, -0.25) is 0 Å². The molecule has 3 heteroatoms. The molecule has 0 saturated carbocycles. The average Bonchev–Trinajstić information content (AvgIpc) is 2.73. The minimum atomic E-state index is 0.244. The van der Waals surface area contributed by atoms with Crippen LogP contribution in [0.2, 0.25) is 0 Å². The highest BCUT2D eigenvalue weighted by atomic mass is 16.3. The molecule has 3 nitrogen and oxygen atoms in total. The molecule has 1 rings (SSSR count). The van der Waals surface area contributed by atoms with Crippen LogP contribution in [-0.2, 0) is 6.54 Å². The fourth-order valence-electron chi connectivity index (χ4n) is 2.13. The summed E-state index contributed by atoms with van der Waals surface area (Å²) in [4.78, 5) is 0. The highest BCUT2D eigenvalue weighted by molar-refractivity contribution is 5.16. The Morgan fingerprint density at radius 1 is 1.35 bits per heavy atom. The highest BCUT2D eigenvalue weighted by Gasteiger charge is 2.15. The fourth-order valence-corrected chi connectivity index (χ4v) is 2.13. The second-order valence-corrected chi connectivity index (χ2v) is 5.21. The Balaban J connectivity index is 2.70. The third-order valence-electron chi connectivity index (χ3n) is 3.06. The Morgan fingerprint density at radius 3 is 2.59 bits per heavy atom. The summed E-state index contributed by atoms with van der Waals surface area (Å²) < 4.78 is 2.17. The number of hydrogen-bond donors (Lipinski definition) is 2. The maximum Gasteiger partial charge on any atom is 0.0473 e. The summed E-state index contributed by atoms with van der Waals surface area (Å²) in [6, 6.07) is 2.60. The minimum Gasteiger partial charge on any atom is -0.396 e. The van der Waals surface area contributed by atoms with Gasteiger partial charge in [-0.1, -0.05) is 27.7 Å². The lowest BCUT2D eigenvalue weighted by Gasteiger charge is -2.20. The Bertz CT molecular complexity index is 320. The highest BCUT2D eigenvalue weighted by Crippen LogP contribution is 2.22. The fraction of sp³-hybridized carbons (Fsp3) is 0.714. The maximum atomic E-state index is 9.06. The summed E-state index contributed by atoms with van der Waals surface area (Å²) in [6.45, 7) is 10.8. The first-order valence-electron chi connectivity index (χ1n) is 6.58. The van der Waals surface area contributed by atoms with E-state index < -0.39 is 0 Å². The van der Waals surface area contributed by atoms with E-state index in [1.54, 1.807) is 0 Å². The lowest BCUT2D eigenvalue weighted by atomic mass is 9.98.